The van der Waals surface area contributed by atoms with Gasteiger partial charge in [-0.2, -0.15) is 0 Å². The van der Waals surface area contributed by atoms with Crippen molar-refractivity contribution in [3.05, 3.63) is 70.4 Å². The summed E-state index contributed by atoms with van der Waals surface area (Å²) in [6.07, 6.45) is 4.18. The van der Waals surface area contributed by atoms with Crippen LogP contribution in [-0.4, -0.2) is 55.1 Å². The number of nitrogens with two attached hydrogens (primary N) is 1. The summed E-state index contributed by atoms with van der Waals surface area (Å²) in [6.45, 7) is 9.70. The van der Waals surface area contributed by atoms with Crippen LogP contribution in [-0.2, 0) is 16.1 Å². The van der Waals surface area contributed by atoms with Gasteiger partial charge in [-0.1, -0.05) is 51.1 Å². The summed E-state index contributed by atoms with van der Waals surface area (Å²) in [5.74, 6) is 0.104. The summed E-state index contributed by atoms with van der Waals surface area (Å²) in [5, 5.41) is 5.17. The van der Waals surface area contributed by atoms with Gasteiger partial charge < -0.3 is 25.6 Å². The van der Waals surface area contributed by atoms with Crippen molar-refractivity contribution in [2.75, 3.05) is 36.5 Å². The predicted octanol–water partition coefficient (Wildman–Crippen LogP) is 6.54. The molecule has 1 aliphatic heterocycles. The smallest absolute Gasteiger partial charge is 0.264 e. The van der Waals surface area contributed by atoms with Crippen molar-refractivity contribution in [1.82, 2.24) is 4.90 Å². The van der Waals surface area contributed by atoms with Gasteiger partial charge in [0.15, 0.2) is 0 Å². The molecule has 42 heavy (non-hydrogen) atoms. The Hall–Kier alpha value is -3.20. The van der Waals surface area contributed by atoms with Crippen LogP contribution in [0.5, 0.6) is 0 Å². The van der Waals surface area contributed by atoms with Gasteiger partial charge in [-0.05, 0) is 77.4 Å². The fourth-order valence-corrected chi connectivity index (χ4v) is 6.62. The maximum atomic E-state index is 13.6. The Balaban J connectivity index is 1.42. The second-order valence-corrected chi connectivity index (χ2v) is 13.7. The Morgan fingerprint density at radius 3 is 2.43 bits per heavy atom. The number of rotatable bonds is 8. The van der Waals surface area contributed by atoms with Gasteiger partial charge in [0, 0.05) is 38.1 Å². The zero-order chi connectivity index (χ0) is 29.7. The first-order valence-electron chi connectivity index (χ1n) is 15.1. The normalized spacial score (nSPS) is 19.4. The molecule has 3 N–H and O–H groups in total. The number of hydrogen-bond donors (Lipinski definition) is 2. The second-order valence-electron chi connectivity index (χ2n) is 12.8. The highest BCUT2D eigenvalue weighted by atomic mass is 32.1. The van der Waals surface area contributed by atoms with Gasteiger partial charge in [-0.25, -0.2) is 0 Å². The van der Waals surface area contributed by atoms with E-state index in [0.29, 0.717) is 26.2 Å². The maximum absolute atomic E-state index is 13.6. The van der Waals surface area contributed by atoms with Crippen molar-refractivity contribution in [3.63, 3.8) is 0 Å². The van der Waals surface area contributed by atoms with E-state index in [4.69, 9.17) is 10.5 Å². The van der Waals surface area contributed by atoms with E-state index in [9.17, 15) is 9.59 Å². The number of amides is 2. The molecule has 0 bridgehead atoms. The van der Waals surface area contributed by atoms with Crippen molar-refractivity contribution in [3.8, 4) is 11.1 Å². The molecule has 224 valence electrons. The molecular formula is C34H44N4O3S. The van der Waals surface area contributed by atoms with Crippen molar-refractivity contribution in [2.24, 2.45) is 11.1 Å². The summed E-state index contributed by atoms with van der Waals surface area (Å²) in [4.78, 5) is 31.8. The van der Waals surface area contributed by atoms with Gasteiger partial charge in [-0.15, -0.1) is 11.3 Å². The monoisotopic (exact) mass is 588 g/mol. The SMILES string of the molecule is CC(C)(C)CC(=O)Nc1cc(-c2cccc(CN(C(=O)c3cccs3)C3CCC(N)CC3)c2)ccc1N1CCOCC1. The van der Waals surface area contributed by atoms with E-state index >= 15 is 0 Å². The molecule has 2 amide bonds. The zero-order valence-corrected chi connectivity index (χ0v) is 25.9. The molecule has 0 radical (unpaired) electrons. The summed E-state index contributed by atoms with van der Waals surface area (Å²) in [5.41, 5.74) is 11.1. The van der Waals surface area contributed by atoms with Gasteiger partial charge in [-0.3, -0.25) is 9.59 Å². The lowest BCUT2D eigenvalue weighted by molar-refractivity contribution is -0.117. The summed E-state index contributed by atoms with van der Waals surface area (Å²) in [6, 6.07) is 19.0. The third-order valence-corrected chi connectivity index (χ3v) is 8.96. The molecule has 2 fully saturated rings. The first kappa shape index (κ1) is 30.3. The molecule has 0 unspecified atom stereocenters. The van der Waals surface area contributed by atoms with Gasteiger partial charge in [0.25, 0.3) is 5.91 Å². The molecule has 0 atom stereocenters. The van der Waals surface area contributed by atoms with Gasteiger partial charge in [0.05, 0.1) is 29.5 Å². The van der Waals surface area contributed by atoms with E-state index in [2.05, 4.69) is 78.4 Å². The number of benzene rings is 2. The number of nitrogens with one attached hydrogen (secondary N) is 1. The number of carbonyl (C=O) groups is 2. The van der Waals surface area contributed by atoms with Crippen LogP contribution < -0.4 is 16.0 Å². The lowest BCUT2D eigenvalue weighted by Crippen LogP contribution is -2.43. The van der Waals surface area contributed by atoms with Gasteiger partial charge in [0.2, 0.25) is 5.91 Å². The maximum Gasteiger partial charge on any atom is 0.264 e. The Bertz CT molecular complexity index is 1350. The molecule has 2 heterocycles. The standard InChI is InChI=1S/C34H44N4O3S/c1-34(2,3)22-32(39)36-29-21-26(9-14-30(29)37-15-17-41-18-16-37)25-7-4-6-24(20-25)23-38(28-12-10-27(35)11-13-28)33(40)31-8-5-19-42-31/h4-9,14,19-21,27-28H,10-13,15-18,22-23,35H2,1-3H3,(H,36,39). The molecule has 8 heteroatoms. The Morgan fingerprint density at radius 2 is 1.74 bits per heavy atom. The lowest BCUT2D eigenvalue weighted by Gasteiger charge is -2.36. The van der Waals surface area contributed by atoms with Crippen LogP contribution in [0.2, 0.25) is 0 Å². The topological polar surface area (TPSA) is 87.9 Å². The molecule has 5 rings (SSSR count). The number of thiophene rings is 1. The minimum absolute atomic E-state index is 0.0119. The van der Waals surface area contributed by atoms with Gasteiger partial charge in [0.1, 0.15) is 0 Å². The minimum Gasteiger partial charge on any atom is -0.378 e. The second kappa shape index (κ2) is 13.4. The number of ether oxygens (including phenoxy) is 1. The average molecular weight is 589 g/mol. The van der Waals surface area contributed by atoms with Crippen LogP contribution in [0.3, 0.4) is 0 Å². The predicted molar refractivity (Wildman–Crippen MR) is 172 cm³/mol. The van der Waals surface area contributed by atoms with Crippen LogP contribution in [0, 0.1) is 5.41 Å². The van der Waals surface area contributed by atoms with Crippen LogP contribution in [0.15, 0.2) is 60.0 Å². The molecule has 1 aromatic heterocycles. The minimum atomic E-state index is -0.106. The number of nitrogens with zero attached hydrogens (tertiary/aromatic N) is 2. The van der Waals surface area contributed by atoms with E-state index < -0.39 is 0 Å². The highest BCUT2D eigenvalue weighted by Crippen LogP contribution is 2.34. The van der Waals surface area contributed by atoms with E-state index in [-0.39, 0.29) is 29.3 Å². The molecule has 2 aliphatic rings. The molecule has 1 saturated heterocycles. The summed E-state index contributed by atoms with van der Waals surface area (Å²) < 4.78 is 5.57. The molecule has 3 aromatic rings. The van der Waals surface area contributed by atoms with Crippen LogP contribution in [0.4, 0.5) is 11.4 Å². The Morgan fingerprint density at radius 1 is 1.00 bits per heavy atom. The van der Waals surface area contributed by atoms with E-state index in [1.165, 1.54) is 11.3 Å². The van der Waals surface area contributed by atoms with Crippen molar-refractivity contribution in [2.45, 2.75) is 71.5 Å². The molecule has 7 nitrogen and oxygen atoms in total. The molecule has 1 aliphatic carbocycles. The fourth-order valence-electron chi connectivity index (χ4n) is 5.94. The number of anilines is 2. The third kappa shape index (κ3) is 7.79. The van der Waals surface area contributed by atoms with Crippen molar-refractivity contribution >= 4 is 34.5 Å². The van der Waals surface area contributed by atoms with Crippen LogP contribution in [0.25, 0.3) is 11.1 Å². The first-order valence-corrected chi connectivity index (χ1v) is 16.0. The van der Waals surface area contributed by atoms with Crippen molar-refractivity contribution < 1.29 is 14.3 Å². The average Bonchev–Trinajstić information content (AvgIpc) is 3.51. The number of morpholine rings is 1. The molecular weight excluding hydrogens is 544 g/mol. The molecule has 1 saturated carbocycles. The highest BCUT2D eigenvalue weighted by Gasteiger charge is 2.29. The van der Waals surface area contributed by atoms with E-state index in [0.717, 1.165) is 71.7 Å². The number of carbonyl (C=O) groups excluding carboxylic acids is 2. The lowest BCUT2D eigenvalue weighted by atomic mass is 9.90. The highest BCUT2D eigenvalue weighted by molar-refractivity contribution is 7.12. The van der Waals surface area contributed by atoms with E-state index in [1.807, 2.05) is 17.5 Å². The van der Waals surface area contributed by atoms with Gasteiger partial charge >= 0.3 is 0 Å². The molecule has 2 aromatic carbocycles. The van der Waals surface area contributed by atoms with E-state index in [1.54, 1.807) is 0 Å². The van der Waals surface area contributed by atoms with Crippen molar-refractivity contribution in [1.29, 1.82) is 0 Å². The largest absolute Gasteiger partial charge is 0.378 e. The van der Waals surface area contributed by atoms with Crippen LogP contribution in [0.1, 0.15) is 68.1 Å². The zero-order valence-electron chi connectivity index (χ0n) is 25.1. The Labute approximate surface area is 254 Å². The summed E-state index contributed by atoms with van der Waals surface area (Å²) in [7, 11) is 0. The molecule has 0 spiro atoms. The van der Waals surface area contributed by atoms with Crippen LogP contribution >= 0.6 is 11.3 Å². The number of hydrogen-bond acceptors (Lipinski definition) is 6. The Kier molecular flexibility index (Phi) is 9.66. The third-order valence-electron chi connectivity index (χ3n) is 8.10. The first-order chi connectivity index (χ1) is 20.2. The fraction of sp³-hybridized carbons (Fsp3) is 0.471. The quantitative estimate of drug-likeness (QED) is 0.312. The summed E-state index contributed by atoms with van der Waals surface area (Å²) >= 11 is 1.49.